The Bertz CT molecular complexity index is 344. The first-order chi connectivity index (χ1) is 8.16. The Morgan fingerprint density at radius 2 is 1.78 bits per heavy atom. The third-order valence-corrected chi connectivity index (χ3v) is 4.12. The second kappa shape index (κ2) is 7.74. The van der Waals surface area contributed by atoms with Crippen LogP contribution in [0.4, 0.5) is 0 Å². The van der Waals surface area contributed by atoms with E-state index in [0.717, 1.165) is 19.3 Å². The van der Waals surface area contributed by atoms with Crippen LogP contribution >= 0.6 is 0 Å². The number of esters is 1. The molecule has 0 aliphatic heterocycles. The van der Waals surface area contributed by atoms with E-state index >= 15 is 0 Å². The predicted octanol–water partition coefficient (Wildman–Crippen LogP) is 1.69. The lowest BCUT2D eigenvalue weighted by Gasteiger charge is -2.18. The van der Waals surface area contributed by atoms with Crippen LogP contribution in [-0.2, 0) is 19.6 Å². The molecule has 0 radical (unpaired) electrons. The smallest absolute Gasteiger partial charge is 0.305 e. The first-order valence-electron chi connectivity index (χ1n) is 6.20. The first-order valence-corrected chi connectivity index (χ1v) is 7.86. The van der Waals surface area contributed by atoms with E-state index < -0.39 is 10.0 Å². The summed E-state index contributed by atoms with van der Waals surface area (Å²) in [6.45, 7) is 6.10. The molecule has 0 atom stereocenters. The maximum absolute atomic E-state index is 11.6. The number of ether oxygens (including phenoxy) is 1. The summed E-state index contributed by atoms with van der Waals surface area (Å²) in [7, 11) is -1.83. The summed E-state index contributed by atoms with van der Waals surface area (Å²) in [6.07, 6.45) is 2.67. The topological polar surface area (TPSA) is 72.5 Å². The minimum absolute atomic E-state index is 0.127. The quantitative estimate of drug-likeness (QED) is 0.542. The largest absolute Gasteiger partial charge is 0.469 e. The van der Waals surface area contributed by atoms with Gasteiger partial charge in [0.15, 0.2) is 0 Å². The molecule has 6 heteroatoms. The number of methoxy groups -OCH3 is 1. The summed E-state index contributed by atoms with van der Waals surface area (Å²) in [5.41, 5.74) is -0.239. The molecule has 0 heterocycles. The highest BCUT2D eigenvalue weighted by atomic mass is 32.2. The summed E-state index contributed by atoms with van der Waals surface area (Å²) < 4.78 is 30.4. The van der Waals surface area contributed by atoms with Gasteiger partial charge in [-0.3, -0.25) is 4.79 Å². The molecule has 0 bridgehead atoms. The van der Waals surface area contributed by atoms with Crippen molar-refractivity contribution in [1.29, 1.82) is 0 Å². The molecule has 0 aromatic rings. The minimum Gasteiger partial charge on any atom is -0.469 e. The Kier molecular flexibility index (Phi) is 7.47. The zero-order valence-electron chi connectivity index (χ0n) is 11.8. The Morgan fingerprint density at radius 1 is 1.17 bits per heavy atom. The van der Waals surface area contributed by atoms with E-state index in [4.69, 9.17) is 0 Å². The van der Waals surface area contributed by atoms with Crippen molar-refractivity contribution in [1.82, 2.24) is 4.72 Å². The van der Waals surface area contributed by atoms with Gasteiger partial charge in [-0.2, -0.15) is 0 Å². The molecule has 0 aliphatic carbocycles. The Hall–Kier alpha value is -0.620. The molecule has 0 rings (SSSR count). The van der Waals surface area contributed by atoms with Crippen LogP contribution in [0.15, 0.2) is 0 Å². The average Bonchev–Trinajstić information content (AvgIpc) is 2.19. The molecule has 0 amide bonds. The van der Waals surface area contributed by atoms with Crippen LogP contribution in [0.5, 0.6) is 0 Å². The number of rotatable bonds is 8. The van der Waals surface area contributed by atoms with Gasteiger partial charge in [0.05, 0.1) is 12.9 Å². The van der Waals surface area contributed by atoms with E-state index in [1.807, 2.05) is 20.8 Å². The minimum atomic E-state index is -3.19. The highest BCUT2D eigenvalue weighted by molar-refractivity contribution is 7.89. The van der Waals surface area contributed by atoms with Gasteiger partial charge in [0.25, 0.3) is 0 Å². The molecular weight excluding hydrogens is 254 g/mol. The van der Waals surface area contributed by atoms with Gasteiger partial charge in [0.1, 0.15) is 0 Å². The average molecular weight is 279 g/mol. The number of carbonyl (C=O) groups excluding carboxylic acids is 1. The van der Waals surface area contributed by atoms with Crippen LogP contribution in [0.3, 0.4) is 0 Å². The van der Waals surface area contributed by atoms with Gasteiger partial charge in [-0.05, 0) is 18.3 Å². The molecule has 0 unspecified atom stereocenters. The molecule has 0 saturated heterocycles. The second-order valence-electron chi connectivity index (χ2n) is 5.60. The van der Waals surface area contributed by atoms with Crippen molar-refractivity contribution in [3.05, 3.63) is 0 Å². The first kappa shape index (κ1) is 17.4. The van der Waals surface area contributed by atoms with E-state index in [2.05, 4.69) is 9.46 Å². The third kappa shape index (κ3) is 10.5. The summed E-state index contributed by atoms with van der Waals surface area (Å²) >= 11 is 0. The maximum atomic E-state index is 11.6. The Balaban J connectivity index is 3.69. The van der Waals surface area contributed by atoms with Crippen LogP contribution in [-0.4, -0.2) is 33.8 Å². The van der Waals surface area contributed by atoms with Crippen LogP contribution < -0.4 is 4.72 Å². The number of sulfonamides is 1. The molecule has 18 heavy (non-hydrogen) atoms. The molecule has 0 fully saturated rings. The van der Waals surface area contributed by atoms with Crippen molar-refractivity contribution in [3.63, 3.8) is 0 Å². The van der Waals surface area contributed by atoms with Crippen molar-refractivity contribution < 1.29 is 17.9 Å². The zero-order chi connectivity index (χ0) is 14.2. The van der Waals surface area contributed by atoms with Crippen LogP contribution in [0.1, 0.15) is 46.5 Å². The lowest BCUT2D eigenvalue weighted by Crippen LogP contribution is -2.32. The molecular formula is C12H25NO4S. The Labute approximate surface area is 110 Å². The molecule has 108 valence electrons. The van der Waals surface area contributed by atoms with E-state index in [0.29, 0.717) is 13.0 Å². The molecule has 0 aromatic carbocycles. The number of unbranched alkanes of at least 4 members (excludes halogenated alkanes) is 2. The fourth-order valence-corrected chi connectivity index (χ4v) is 3.22. The van der Waals surface area contributed by atoms with Crippen molar-refractivity contribution in [2.45, 2.75) is 46.5 Å². The Morgan fingerprint density at radius 3 is 2.28 bits per heavy atom. The van der Waals surface area contributed by atoms with Gasteiger partial charge in [-0.1, -0.05) is 27.2 Å². The molecule has 0 spiro atoms. The van der Waals surface area contributed by atoms with Gasteiger partial charge < -0.3 is 4.74 Å². The van der Waals surface area contributed by atoms with Crippen molar-refractivity contribution in [2.24, 2.45) is 5.41 Å². The summed E-state index contributed by atoms with van der Waals surface area (Å²) in [5.74, 6) is -0.0920. The molecule has 5 nitrogen and oxygen atoms in total. The highest BCUT2D eigenvalue weighted by Crippen LogP contribution is 2.15. The number of nitrogens with one attached hydrogen (secondary N) is 1. The molecule has 0 aliphatic rings. The van der Waals surface area contributed by atoms with E-state index in [1.165, 1.54) is 7.11 Å². The summed E-state index contributed by atoms with van der Waals surface area (Å²) in [4.78, 5) is 10.8. The lowest BCUT2D eigenvalue weighted by molar-refractivity contribution is -0.140. The van der Waals surface area contributed by atoms with Crippen molar-refractivity contribution >= 4 is 16.0 Å². The van der Waals surface area contributed by atoms with Gasteiger partial charge in [0, 0.05) is 13.0 Å². The van der Waals surface area contributed by atoms with Gasteiger partial charge in [-0.15, -0.1) is 0 Å². The van der Waals surface area contributed by atoms with E-state index in [-0.39, 0.29) is 17.1 Å². The standard InChI is InChI=1S/C12H25NO4S/c1-12(2,3)10-18(15,16)13-9-7-5-6-8-11(14)17-4/h13H,5-10H2,1-4H3. The SMILES string of the molecule is COC(=O)CCCCCNS(=O)(=O)CC(C)(C)C. The summed E-state index contributed by atoms with van der Waals surface area (Å²) in [6, 6.07) is 0. The number of carbonyl (C=O) groups is 1. The number of hydrogen-bond acceptors (Lipinski definition) is 4. The zero-order valence-corrected chi connectivity index (χ0v) is 12.6. The normalized spacial score (nSPS) is 12.4. The third-order valence-electron chi connectivity index (χ3n) is 2.23. The molecule has 1 N–H and O–H groups in total. The lowest BCUT2D eigenvalue weighted by atomic mass is 10.0. The van der Waals surface area contributed by atoms with Gasteiger partial charge in [0.2, 0.25) is 10.0 Å². The second-order valence-corrected chi connectivity index (χ2v) is 7.41. The monoisotopic (exact) mass is 279 g/mol. The predicted molar refractivity (Wildman–Crippen MR) is 71.7 cm³/mol. The summed E-state index contributed by atoms with van der Waals surface area (Å²) in [5, 5.41) is 0. The van der Waals surface area contributed by atoms with Crippen molar-refractivity contribution in [3.8, 4) is 0 Å². The van der Waals surface area contributed by atoms with E-state index in [1.54, 1.807) is 0 Å². The van der Waals surface area contributed by atoms with Crippen LogP contribution in [0.2, 0.25) is 0 Å². The van der Waals surface area contributed by atoms with Crippen LogP contribution in [0.25, 0.3) is 0 Å². The van der Waals surface area contributed by atoms with Crippen molar-refractivity contribution in [2.75, 3.05) is 19.4 Å². The van der Waals surface area contributed by atoms with Gasteiger partial charge in [-0.25, -0.2) is 13.1 Å². The number of hydrogen-bond donors (Lipinski definition) is 1. The molecule has 0 aromatic heterocycles. The van der Waals surface area contributed by atoms with Crippen LogP contribution in [0, 0.1) is 5.41 Å². The fraction of sp³-hybridized carbons (Fsp3) is 0.917. The van der Waals surface area contributed by atoms with E-state index in [9.17, 15) is 13.2 Å². The maximum Gasteiger partial charge on any atom is 0.305 e. The van der Waals surface area contributed by atoms with Gasteiger partial charge >= 0.3 is 5.97 Å². The highest BCUT2D eigenvalue weighted by Gasteiger charge is 2.20. The molecule has 0 saturated carbocycles. The fourth-order valence-electron chi connectivity index (χ4n) is 1.52.